The zero-order chi connectivity index (χ0) is 18.0. The van der Waals surface area contributed by atoms with Crippen LogP contribution in [0.3, 0.4) is 0 Å². The fourth-order valence-corrected chi connectivity index (χ4v) is 6.49. The van der Waals surface area contributed by atoms with Gasteiger partial charge in [-0.25, -0.2) is 8.42 Å². The molecule has 0 aromatic heterocycles. The molecule has 140 valence electrons. The Morgan fingerprint density at radius 3 is 1.88 bits per heavy atom. The van der Waals surface area contributed by atoms with E-state index in [-0.39, 0.29) is 0 Å². The van der Waals surface area contributed by atoms with E-state index in [2.05, 4.69) is 4.90 Å². The lowest BCUT2D eigenvalue weighted by molar-refractivity contribution is 0.143. The molecule has 3 rings (SSSR count). The van der Waals surface area contributed by atoms with Crippen LogP contribution in [0.25, 0.3) is 0 Å². The van der Waals surface area contributed by atoms with E-state index in [9.17, 15) is 8.42 Å². The van der Waals surface area contributed by atoms with E-state index in [0.717, 1.165) is 29.5 Å². The third kappa shape index (κ3) is 4.09. The average molecular weight is 365 g/mol. The molecule has 0 bridgehead atoms. The lowest BCUT2D eigenvalue weighted by Crippen LogP contribution is -2.47. The van der Waals surface area contributed by atoms with Crippen molar-refractivity contribution in [3.8, 4) is 0 Å². The average Bonchev–Trinajstić information content (AvgIpc) is 2.83. The van der Waals surface area contributed by atoms with E-state index in [1.54, 1.807) is 4.31 Å². The van der Waals surface area contributed by atoms with Crippen LogP contribution < -0.4 is 0 Å². The Bertz CT molecular complexity index is 675. The van der Waals surface area contributed by atoms with Crippen molar-refractivity contribution >= 4 is 10.0 Å². The van der Waals surface area contributed by atoms with Gasteiger partial charge in [-0.2, -0.15) is 4.31 Å². The Morgan fingerprint density at radius 2 is 1.36 bits per heavy atom. The maximum absolute atomic E-state index is 13.2. The molecule has 0 saturated carbocycles. The van der Waals surface area contributed by atoms with Gasteiger partial charge in [-0.15, -0.1) is 0 Å². The minimum absolute atomic E-state index is 0.520. The molecule has 2 fully saturated rings. The van der Waals surface area contributed by atoms with E-state index in [1.165, 1.54) is 38.8 Å². The molecular formula is C20H32N2O2S. The monoisotopic (exact) mass is 364 g/mol. The minimum atomic E-state index is -3.39. The summed E-state index contributed by atoms with van der Waals surface area (Å²) in [4.78, 5) is 3.13. The Balaban J connectivity index is 1.71. The molecule has 5 heteroatoms. The summed E-state index contributed by atoms with van der Waals surface area (Å²) in [6, 6.07) is 4.51. The molecule has 0 amide bonds. The maximum Gasteiger partial charge on any atom is 0.243 e. The van der Waals surface area contributed by atoms with Crippen molar-refractivity contribution in [2.24, 2.45) is 0 Å². The van der Waals surface area contributed by atoms with Crippen molar-refractivity contribution < 1.29 is 8.42 Å². The highest BCUT2D eigenvalue weighted by Gasteiger charge is 2.33. The van der Waals surface area contributed by atoms with Crippen molar-refractivity contribution in [2.45, 2.75) is 70.2 Å². The Labute approximate surface area is 153 Å². The fraction of sp³-hybridized carbons (Fsp3) is 0.700. The van der Waals surface area contributed by atoms with Gasteiger partial charge in [0.25, 0.3) is 0 Å². The molecule has 0 unspecified atom stereocenters. The Morgan fingerprint density at radius 1 is 0.840 bits per heavy atom. The molecule has 4 nitrogen and oxygen atoms in total. The molecule has 2 saturated heterocycles. The van der Waals surface area contributed by atoms with Crippen LogP contribution in [0, 0.1) is 20.8 Å². The quantitative estimate of drug-likeness (QED) is 0.822. The van der Waals surface area contributed by atoms with Gasteiger partial charge < -0.3 is 4.90 Å². The predicted molar refractivity (Wildman–Crippen MR) is 102 cm³/mol. The SMILES string of the molecule is Cc1cc(C)c(S(=O)(=O)N2CCC(N3CCCCCC3)CC2)c(C)c1. The van der Waals surface area contributed by atoms with Crippen molar-refractivity contribution in [1.82, 2.24) is 9.21 Å². The first-order valence-electron chi connectivity index (χ1n) is 9.71. The van der Waals surface area contributed by atoms with Crippen LogP contribution in [0.5, 0.6) is 0 Å². The molecule has 0 atom stereocenters. The Kier molecular flexibility index (Phi) is 5.86. The van der Waals surface area contributed by atoms with Crippen molar-refractivity contribution in [3.05, 3.63) is 28.8 Å². The smallest absolute Gasteiger partial charge is 0.243 e. The van der Waals surface area contributed by atoms with Gasteiger partial charge in [-0.1, -0.05) is 30.5 Å². The minimum Gasteiger partial charge on any atom is -0.300 e. The number of rotatable bonds is 3. The summed E-state index contributed by atoms with van der Waals surface area (Å²) in [6.07, 6.45) is 7.19. The van der Waals surface area contributed by atoms with E-state index in [0.29, 0.717) is 24.0 Å². The highest BCUT2D eigenvalue weighted by Crippen LogP contribution is 2.29. The lowest BCUT2D eigenvalue weighted by Gasteiger charge is -2.38. The number of hydrogen-bond donors (Lipinski definition) is 0. The molecule has 25 heavy (non-hydrogen) atoms. The molecule has 0 radical (unpaired) electrons. The van der Waals surface area contributed by atoms with E-state index in [4.69, 9.17) is 0 Å². The number of hydrogen-bond acceptors (Lipinski definition) is 3. The van der Waals surface area contributed by atoms with Gasteiger partial charge in [0.15, 0.2) is 0 Å². The number of nitrogens with zero attached hydrogens (tertiary/aromatic N) is 2. The third-order valence-corrected chi connectivity index (χ3v) is 7.99. The van der Waals surface area contributed by atoms with Gasteiger partial charge in [0.2, 0.25) is 10.0 Å². The molecule has 2 aliphatic heterocycles. The van der Waals surface area contributed by atoms with E-state index < -0.39 is 10.0 Å². The number of piperidine rings is 1. The fourth-order valence-electron chi connectivity index (χ4n) is 4.61. The molecule has 2 heterocycles. The Hall–Kier alpha value is -0.910. The molecule has 0 aliphatic carbocycles. The number of aryl methyl sites for hydroxylation is 3. The highest BCUT2D eigenvalue weighted by molar-refractivity contribution is 7.89. The zero-order valence-electron chi connectivity index (χ0n) is 15.9. The highest BCUT2D eigenvalue weighted by atomic mass is 32.2. The van der Waals surface area contributed by atoms with Gasteiger partial charge in [-0.3, -0.25) is 0 Å². The normalized spacial score (nSPS) is 22.0. The van der Waals surface area contributed by atoms with Crippen LogP contribution in [-0.4, -0.2) is 49.8 Å². The summed E-state index contributed by atoms with van der Waals surface area (Å²) in [5, 5.41) is 0. The second-order valence-electron chi connectivity index (χ2n) is 7.81. The van der Waals surface area contributed by atoms with Crippen LogP contribution in [0.2, 0.25) is 0 Å². The van der Waals surface area contributed by atoms with Gasteiger partial charge in [0.1, 0.15) is 0 Å². The number of benzene rings is 1. The van der Waals surface area contributed by atoms with Crippen molar-refractivity contribution in [3.63, 3.8) is 0 Å². The van der Waals surface area contributed by atoms with Gasteiger partial charge in [0, 0.05) is 19.1 Å². The van der Waals surface area contributed by atoms with Gasteiger partial charge in [0.05, 0.1) is 4.90 Å². The first kappa shape index (κ1) is 18.9. The second kappa shape index (κ2) is 7.77. The molecule has 1 aromatic rings. The summed E-state index contributed by atoms with van der Waals surface area (Å²) >= 11 is 0. The largest absolute Gasteiger partial charge is 0.300 e. The third-order valence-electron chi connectivity index (χ3n) is 5.78. The number of sulfonamides is 1. The number of likely N-dealkylation sites (tertiary alicyclic amines) is 1. The summed E-state index contributed by atoms with van der Waals surface area (Å²) in [7, 11) is -3.39. The van der Waals surface area contributed by atoms with Crippen molar-refractivity contribution in [2.75, 3.05) is 26.2 Å². The lowest BCUT2D eigenvalue weighted by atomic mass is 10.0. The van der Waals surface area contributed by atoms with Crippen LogP contribution >= 0.6 is 0 Å². The van der Waals surface area contributed by atoms with Crippen LogP contribution in [0.15, 0.2) is 17.0 Å². The van der Waals surface area contributed by atoms with Gasteiger partial charge >= 0.3 is 0 Å². The first-order chi connectivity index (χ1) is 11.9. The molecule has 2 aliphatic rings. The summed E-state index contributed by atoms with van der Waals surface area (Å²) in [5.74, 6) is 0. The van der Waals surface area contributed by atoms with E-state index >= 15 is 0 Å². The second-order valence-corrected chi connectivity index (χ2v) is 9.69. The summed E-state index contributed by atoms with van der Waals surface area (Å²) in [6.45, 7) is 9.52. The zero-order valence-corrected chi connectivity index (χ0v) is 16.7. The standard InChI is InChI=1S/C20H32N2O2S/c1-16-14-17(2)20(18(3)15-16)25(23,24)22-12-8-19(9-13-22)21-10-6-4-5-7-11-21/h14-15,19H,4-13H2,1-3H3. The van der Waals surface area contributed by atoms with Crippen LogP contribution in [0.1, 0.15) is 55.2 Å². The summed E-state index contributed by atoms with van der Waals surface area (Å²) in [5.41, 5.74) is 2.85. The van der Waals surface area contributed by atoms with E-state index in [1.807, 2.05) is 32.9 Å². The first-order valence-corrected chi connectivity index (χ1v) is 11.2. The van der Waals surface area contributed by atoms with Crippen molar-refractivity contribution in [1.29, 1.82) is 0 Å². The topological polar surface area (TPSA) is 40.6 Å². The molecule has 1 aromatic carbocycles. The molecular weight excluding hydrogens is 332 g/mol. The summed E-state index contributed by atoms with van der Waals surface area (Å²) < 4.78 is 28.1. The van der Waals surface area contributed by atoms with Gasteiger partial charge in [-0.05, 0) is 70.7 Å². The van der Waals surface area contributed by atoms with Crippen LogP contribution in [0.4, 0.5) is 0 Å². The molecule has 0 spiro atoms. The predicted octanol–water partition coefficient (Wildman–Crippen LogP) is 3.64. The maximum atomic E-state index is 13.2. The molecule has 0 N–H and O–H groups in total. The van der Waals surface area contributed by atoms with Crippen LogP contribution in [-0.2, 0) is 10.0 Å².